The lowest BCUT2D eigenvalue weighted by Gasteiger charge is -2.30. The van der Waals surface area contributed by atoms with Crippen molar-refractivity contribution >= 4 is 22.8 Å². The van der Waals surface area contributed by atoms with Crippen LogP contribution in [0.15, 0.2) is 54.6 Å². The quantitative estimate of drug-likeness (QED) is 0.613. The number of hydrogen-bond donors (Lipinski definition) is 1. The zero-order valence-electron chi connectivity index (χ0n) is 16.6. The number of esters is 2. The molecule has 0 fully saturated rings. The van der Waals surface area contributed by atoms with Gasteiger partial charge in [-0.25, -0.2) is 14.6 Å². The number of carbonyl (C=O) groups excluding carboxylic acids is 2. The number of para-hydroxylation sites is 1. The van der Waals surface area contributed by atoms with Crippen molar-refractivity contribution in [3.8, 4) is 11.3 Å². The van der Waals surface area contributed by atoms with Gasteiger partial charge in [-0.15, -0.1) is 0 Å². The Morgan fingerprint density at radius 3 is 2.42 bits per heavy atom. The van der Waals surface area contributed by atoms with Crippen LogP contribution in [-0.2, 0) is 19.9 Å². The molecule has 0 bridgehead atoms. The van der Waals surface area contributed by atoms with Gasteiger partial charge in [0.25, 0.3) is 5.60 Å². The highest BCUT2D eigenvalue weighted by atomic mass is 19.4. The van der Waals surface area contributed by atoms with Crippen molar-refractivity contribution < 1.29 is 37.3 Å². The van der Waals surface area contributed by atoms with Crippen LogP contribution in [0.4, 0.5) is 13.2 Å². The number of nitrogens with zero attached hydrogens (tertiary/aromatic N) is 1. The second kappa shape index (κ2) is 8.35. The number of rotatable bonds is 5. The van der Waals surface area contributed by atoms with Crippen molar-refractivity contribution in [2.75, 3.05) is 13.7 Å². The summed E-state index contributed by atoms with van der Waals surface area (Å²) in [5.74, 6) is -2.85. The molecule has 0 aliphatic heterocycles. The van der Waals surface area contributed by atoms with Gasteiger partial charge in [0.1, 0.15) is 0 Å². The molecule has 0 amide bonds. The van der Waals surface area contributed by atoms with Gasteiger partial charge in [-0.1, -0.05) is 30.3 Å². The second-order valence-corrected chi connectivity index (χ2v) is 6.57. The van der Waals surface area contributed by atoms with E-state index in [0.29, 0.717) is 5.52 Å². The predicted octanol–water partition coefficient (Wildman–Crippen LogP) is 4.00. The molecule has 0 aliphatic carbocycles. The van der Waals surface area contributed by atoms with E-state index in [1.807, 2.05) is 0 Å². The summed E-state index contributed by atoms with van der Waals surface area (Å²) in [6.07, 6.45) is -5.44. The lowest BCUT2D eigenvalue weighted by Crippen LogP contribution is -2.50. The Bertz CT molecular complexity index is 1150. The number of fused-ring (bicyclic) bond motifs is 1. The number of benzene rings is 2. The highest BCUT2D eigenvalue weighted by Gasteiger charge is 2.63. The number of aromatic nitrogens is 1. The van der Waals surface area contributed by atoms with Crippen LogP contribution in [0.2, 0.25) is 0 Å². The SMILES string of the molecule is CCOC(=O)C(O)(c1cc(C(=O)OC)ccc1-c1ccc2ccccc2n1)C(F)(F)F. The molecule has 0 saturated carbocycles. The molecule has 1 atom stereocenters. The first kappa shape index (κ1) is 22.2. The third kappa shape index (κ3) is 3.96. The van der Waals surface area contributed by atoms with Crippen LogP contribution in [0.25, 0.3) is 22.2 Å². The Hall–Kier alpha value is -3.46. The van der Waals surface area contributed by atoms with Crippen molar-refractivity contribution in [2.24, 2.45) is 0 Å². The van der Waals surface area contributed by atoms with E-state index < -0.39 is 35.9 Å². The Balaban J connectivity index is 2.33. The molecule has 0 aliphatic rings. The second-order valence-electron chi connectivity index (χ2n) is 6.57. The van der Waals surface area contributed by atoms with Crippen LogP contribution in [0.1, 0.15) is 22.8 Å². The Labute approximate surface area is 175 Å². The molecule has 2 aromatic carbocycles. The molecule has 162 valence electrons. The molecule has 0 spiro atoms. The predicted molar refractivity (Wildman–Crippen MR) is 105 cm³/mol. The zero-order chi connectivity index (χ0) is 22.8. The minimum atomic E-state index is -5.44. The molecule has 9 heteroatoms. The minimum absolute atomic E-state index is 0.0667. The Morgan fingerprint density at radius 2 is 1.77 bits per heavy atom. The van der Waals surface area contributed by atoms with Crippen LogP contribution in [0, 0.1) is 0 Å². The fourth-order valence-corrected chi connectivity index (χ4v) is 3.14. The van der Waals surface area contributed by atoms with Gasteiger partial charge in [-0.2, -0.15) is 13.2 Å². The van der Waals surface area contributed by atoms with Gasteiger partial charge in [0.05, 0.1) is 30.5 Å². The molecule has 1 aromatic heterocycles. The van der Waals surface area contributed by atoms with E-state index in [9.17, 15) is 27.9 Å². The van der Waals surface area contributed by atoms with E-state index in [0.717, 1.165) is 18.6 Å². The summed E-state index contributed by atoms with van der Waals surface area (Å²) in [7, 11) is 1.06. The number of alkyl halides is 3. The summed E-state index contributed by atoms with van der Waals surface area (Å²) in [4.78, 5) is 28.6. The number of halogens is 3. The third-order valence-corrected chi connectivity index (χ3v) is 4.69. The Kier molecular flexibility index (Phi) is 5.99. The molecule has 6 nitrogen and oxygen atoms in total. The summed E-state index contributed by atoms with van der Waals surface area (Å²) in [6, 6.07) is 13.2. The van der Waals surface area contributed by atoms with E-state index in [1.165, 1.54) is 25.1 Å². The molecule has 1 heterocycles. The number of pyridine rings is 1. The molecule has 1 N–H and O–H groups in total. The van der Waals surface area contributed by atoms with Crippen LogP contribution >= 0.6 is 0 Å². The number of carbonyl (C=O) groups is 2. The molecule has 1 unspecified atom stereocenters. The number of aliphatic hydroxyl groups is 1. The number of ether oxygens (including phenoxy) is 2. The van der Waals surface area contributed by atoms with Gasteiger partial charge < -0.3 is 14.6 Å². The van der Waals surface area contributed by atoms with E-state index in [-0.39, 0.29) is 16.8 Å². The topological polar surface area (TPSA) is 85.7 Å². The first-order chi connectivity index (χ1) is 14.6. The maximum atomic E-state index is 14.0. The fraction of sp³-hybridized carbons (Fsp3) is 0.227. The molecule has 0 radical (unpaired) electrons. The summed E-state index contributed by atoms with van der Waals surface area (Å²) >= 11 is 0. The van der Waals surface area contributed by atoms with Gasteiger partial charge in [0, 0.05) is 16.5 Å². The number of methoxy groups -OCH3 is 1. The van der Waals surface area contributed by atoms with Gasteiger partial charge in [-0.3, -0.25) is 0 Å². The third-order valence-electron chi connectivity index (χ3n) is 4.69. The summed E-state index contributed by atoms with van der Waals surface area (Å²) in [6.45, 7) is 0.919. The molecule has 0 saturated heterocycles. The summed E-state index contributed by atoms with van der Waals surface area (Å²) in [5, 5.41) is 11.4. The average Bonchev–Trinajstić information content (AvgIpc) is 2.76. The maximum Gasteiger partial charge on any atom is 0.432 e. The largest absolute Gasteiger partial charge is 0.465 e. The van der Waals surface area contributed by atoms with Gasteiger partial charge in [0.15, 0.2) is 0 Å². The molecule has 3 aromatic rings. The van der Waals surface area contributed by atoms with Crippen molar-refractivity contribution in [1.29, 1.82) is 0 Å². The van der Waals surface area contributed by atoms with Gasteiger partial charge in [-0.05, 0) is 31.2 Å². The van der Waals surface area contributed by atoms with Crippen LogP contribution in [0.5, 0.6) is 0 Å². The molecule has 3 rings (SSSR count). The van der Waals surface area contributed by atoms with Crippen molar-refractivity contribution in [3.63, 3.8) is 0 Å². The maximum absolute atomic E-state index is 14.0. The standard InChI is InChI=1S/C22H18F3NO5/c1-3-31-20(28)21(29,22(23,24)25)16-12-14(19(27)30-2)8-10-15(16)18-11-9-13-6-4-5-7-17(13)26-18/h4-12,29H,3H2,1-2H3. The van der Waals surface area contributed by atoms with Gasteiger partial charge in [0.2, 0.25) is 0 Å². The monoisotopic (exact) mass is 433 g/mol. The first-order valence-electron chi connectivity index (χ1n) is 9.18. The lowest BCUT2D eigenvalue weighted by molar-refractivity contribution is -0.267. The van der Waals surface area contributed by atoms with E-state index in [2.05, 4.69) is 14.5 Å². The zero-order valence-corrected chi connectivity index (χ0v) is 16.6. The molecular weight excluding hydrogens is 415 g/mol. The van der Waals surface area contributed by atoms with Crippen molar-refractivity contribution in [1.82, 2.24) is 4.98 Å². The fourth-order valence-electron chi connectivity index (χ4n) is 3.14. The Morgan fingerprint density at radius 1 is 1.06 bits per heavy atom. The van der Waals surface area contributed by atoms with E-state index >= 15 is 0 Å². The van der Waals surface area contributed by atoms with Crippen molar-refractivity contribution in [3.05, 3.63) is 65.7 Å². The average molecular weight is 433 g/mol. The summed E-state index contributed by atoms with van der Waals surface area (Å²) < 4.78 is 51.2. The van der Waals surface area contributed by atoms with E-state index in [4.69, 9.17) is 0 Å². The highest BCUT2D eigenvalue weighted by molar-refractivity contribution is 5.93. The van der Waals surface area contributed by atoms with Crippen LogP contribution in [-0.4, -0.2) is 41.9 Å². The van der Waals surface area contributed by atoms with Crippen LogP contribution in [0.3, 0.4) is 0 Å². The molecular formula is C22H18F3NO5. The lowest BCUT2D eigenvalue weighted by atomic mass is 9.86. The van der Waals surface area contributed by atoms with Gasteiger partial charge >= 0.3 is 18.1 Å². The van der Waals surface area contributed by atoms with Crippen LogP contribution < -0.4 is 0 Å². The first-order valence-corrected chi connectivity index (χ1v) is 9.18. The highest BCUT2D eigenvalue weighted by Crippen LogP contribution is 2.44. The smallest absolute Gasteiger partial charge is 0.432 e. The van der Waals surface area contributed by atoms with E-state index in [1.54, 1.807) is 30.3 Å². The molecule has 31 heavy (non-hydrogen) atoms. The number of hydrogen-bond acceptors (Lipinski definition) is 6. The van der Waals surface area contributed by atoms with Crippen molar-refractivity contribution in [2.45, 2.75) is 18.7 Å². The summed E-state index contributed by atoms with van der Waals surface area (Å²) in [5.41, 5.74) is -4.83. The normalized spacial score (nSPS) is 13.5. The minimum Gasteiger partial charge on any atom is -0.465 e.